The summed E-state index contributed by atoms with van der Waals surface area (Å²) in [5, 5.41) is 3.35. The second-order valence-corrected chi connectivity index (χ2v) is 9.25. The van der Waals surface area contributed by atoms with Crippen LogP contribution in [0.3, 0.4) is 0 Å². The second kappa shape index (κ2) is 9.40. The van der Waals surface area contributed by atoms with Crippen molar-refractivity contribution in [1.29, 1.82) is 0 Å². The Morgan fingerprint density at radius 2 is 1.94 bits per heavy atom. The zero-order valence-electron chi connectivity index (χ0n) is 18.5. The van der Waals surface area contributed by atoms with E-state index in [2.05, 4.69) is 16.1 Å². The van der Waals surface area contributed by atoms with E-state index in [1.165, 1.54) is 18.9 Å². The van der Waals surface area contributed by atoms with Crippen molar-refractivity contribution in [1.82, 2.24) is 10.3 Å². The Kier molecular flexibility index (Phi) is 6.77. The monoisotopic (exact) mass is 448 g/mol. The molecule has 1 N–H and O–H groups in total. The molecule has 0 radical (unpaired) electrons. The van der Waals surface area contributed by atoms with Crippen LogP contribution >= 0.6 is 0 Å². The average molecular weight is 449 g/mol. The topological polar surface area (TPSA) is 43.4 Å². The Balaban J connectivity index is 1.45. The van der Waals surface area contributed by atoms with E-state index in [1.807, 2.05) is 18.3 Å². The van der Waals surface area contributed by atoms with Crippen LogP contribution in [0, 0.1) is 6.92 Å². The summed E-state index contributed by atoms with van der Waals surface area (Å²) in [5.74, 6) is -0.139. The van der Waals surface area contributed by atoms with E-state index in [9.17, 15) is 13.2 Å². The van der Waals surface area contributed by atoms with Gasteiger partial charge in [0.05, 0.1) is 5.60 Å². The summed E-state index contributed by atoms with van der Waals surface area (Å²) in [6.07, 6.45) is 4.44. The number of halogens is 3. The SMILES string of the molecule is Cc1ccc(CNCCC2(c3ccccn3)CCOC3(CCCC3)C2)c(OC(F)(F)F)c1. The van der Waals surface area contributed by atoms with Crippen LogP contribution in [0.4, 0.5) is 13.2 Å². The number of nitrogens with zero attached hydrogens (tertiary/aromatic N) is 1. The number of aromatic nitrogens is 1. The maximum absolute atomic E-state index is 12.8. The van der Waals surface area contributed by atoms with E-state index in [0.29, 0.717) is 18.7 Å². The Morgan fingerprint density at radius 1 is 1.12 bits per heavy atom. The predicted molar refractivity (Wildman–Crippen MR) is 116 cm³/mol. The maximum Gasteiger partial charge on any atom is 0.573 e. The fourth-order valence-corrected chi connectivity index (χ4v) is 5.37. The lowest BCUT2D eigenvalue weighted by molar-refractivity contribution is -0.274. The van der Waals surface area contributed by atoms with Crippen LogP contribution in [0.2, 0.25) is 0 Å². The summed E-state index contributed by atoms with van der Waals surface area (Å²) >= 11 is 0. The first-order chi connectivity index (χ1) is 15.3. The van der Waals surface area contributed by atoms with Gasteiger partial charge >= 0.3 is 6.36 Å². The van der Waals surface area contributed by atoms with E-state index in [0.717, 1.165) is 50.0 Å². The van der Waals surface area contributed by atoms with Crippen LogP contribution in [0.1, 0.15) is 61.8 Å². The first-order valence-corrected chi connectivity index (χ1v) is 11.4. The molecular weight excluding hydrogens is 417 g/mol. The molecule has 1 aliphatic carbocycles. The van der Waals surface area contributed by atoms with Gasteiger partial charge in [-0.1, -0.05) is 31.0 Å². The van der Waals surface area contributed by atoms with E-state index in [4.69, 9.17) is 9.72 Å². The van der Waals surface area contributed by atoms with Gasteiger partial charge in [0.15, 0.2) is 0 Å². The summed E-state index contributed by atoms with van der Waals surface area (Å²) in [7, 11) is 0. The molecule has 1 spiro atoms. The van der Waals surface area contributed by atoms with Crippen molar-refractivity contribution >= 4 is 0 Å². The third-order valence-electron chi connectivity index (χ3n) is 6.92. The Bertz CT molecular complexity index is 898. The summed E-state index contributed by atoms with van der Waals surface area (Å²) in [4.78, 5) is 4.70. The van der Waals surface area contributed by atoms with Gasteiger partial charge in [-0.05, 0) is 69.3 Å². The van der Waals surface area contributed by atoms with E-state index in [1.54, 1.807) is 19.1 Å². The number of rotatable bonds is 7. The van der Waals surface area contributed by atoms with Gasteiger partial charge in [-0.25, -0.2) is 0 Å². The normalized spacial score (nSPS) is 22.9. The maximum atomic E-state index is 12.8. The van der Waals surface area contributed by atoms with Gasteiger partial charge in [-0.3, -0.25) is 4.98 Å². The van der Waals surface area contributed by atoms with Crippen molar-refractivity contribution in [3.8, 4) is 5.75 Å². The predicted octanol–water partition coefficient (Wildman–Crippen LogP) is 5.83. The molecule has 32 heavy (non-hydrogen) atoms. The van der Waals surface area contributed by atoms with Gasteiger partial charge in [-0.15, -0.1) is 13.2 Å². The van der Waals surface area contributed by atoms with E-state index < -0.39 is 6.36 Å². The molecule has 4 rings (SSSR count). The molecule has 2 aromatic rings. The van der Waals surface area contributed by atoms with Crippen molar-refractivity contribution in [3.63, 3.8) is 0 Å². The van der Waals surface area contributed by atoms with Crippen molar-refractivity contribution in [3.05, 3.63) is 59.4 Å². The van der Waals surface area contributed by atoms with Gasteiger partial charge in [0, 0.05) is 36.0 Å². The molecule has 2 aliphatic rings. The fraction of sp³-hybridized carbons (Fsp3) is 0.560. The summed E-state index contributed by atoms with van der Waals surface area (Å²) < 4.78 is 48.9. The third-order valence-corrected chi connectivity index (χ3v) is 6.92. The molecule has 7 heteroatoms. The molecule has 4 nitrogen and oxygen atoms in total. The number of hydrogen-bond donors (Lipinski definition) is 1. The molecule has 174 valence electrons. The number of pyridine rings is 1. The third kappa shape index (κ3) is 5.44. The number of hydrogen-bond acceptors (Lipinski definition) is 4. The lowest BCUT2D eigenvalue weighted by Gasteiger charge is -2.46. The van der Waals surface area contributed by atoms with E-state index >= 15 is 0 Å². The molecule has 0 bridgehead atoms. The Hall–Kier alpha value is -2.12. The van der Waals surface area contributed by atoms with E-state index in [-0.39, 0.29) is 16.8 Å². The smallest absolute Gasteiger partial charge is 0.405 e. The van der Waals surface area contributed by atoms with Crippen molar-refractivity contribution in [2.24, 2.45) is 0 Å². The first kappa shape index (κ1) is 23.1. The Morgan fingerprint density at radius 3 is 2.66 bits per heavy atom. The van der Waals surface area contributed by atoms with Crippen molar-refractivity contribution < 1.29 is 22.6 Å². The number of alkyl halides is 3. The largest absolute Gasteiger partial charge is 0.573 e. The molecule has 1 saturated heterocycles. The molecular formula is C25H31F3N2O2. The minimum absolute atomic E-state index is 0.0551. The van der Waals surface area contributed by atoms with Crippen LogP contribution in [0.25, 0.3) is 0 Å². The molecule has 1 aromatic carbocycles. The molecule has 1 aliphatic heterocycles. The molecule has 1 saturated carbocycles. The first-order valence-electron chi connectivity index (χ1n) is 11.4. The number of nitrogens with one attached hydrogen (secondary N) is 1. The fourth-order valence-electron chi connectivity index (χ4n) is 5.37. The minimum Gasteiger partial charge on any atom is -0.405 e. The quantitative estimate of drug-likeness (QED) is 0.542. The zero-order chi connectivity index (χ0) is 22.7. The number of ether oxygens (including phenoxy) is 2. The highest BCUT2D eigenvalue weighted by Crippen LogP contribution is 2.49. The molecule has 1 atom stereocenters. The van der Waals surface area contributed by atoms with Gasteiger partial charge in [0.2, 0.25) is 0 Å². The van der Waals surface area contributed by atoms with Gasteiger partial charge in [0.25, 0.3) is 0 Å². The molecule has 1 unspecified atom stereocenters. The molecule has 1 aromatic heterocycles. The van der Waals surface area contributed by atoms with Crippen molar-refractivity contribution in [2.75, 3.05) is 13.2 Å². The van der Waals surface area contributed by atoms with Gasteiger partial charge < -0.3 is 14.8 Å². The zero-order valence-corrected chi connectivity index (χ0v) is 18.5. The summed E-state index contributed by atoms with van der Waals surface area (Å²) in [6, 6.07) is 11.0. The average Bonchev–Trinajstić information content (AvgIpc) is 3.19. The summed E-state index contributed by atoms with van der Waals surface area (Å²) in [6.45, 7) is 3.46. The Labute approximate surface area is 187 Å². The molecule has 0 amide bonds. The lowest BCUT2D eigenvalue weighted by Crippen LogP contribution is -2.47. The van der Waals surface area contributed by atoms with Crippen LogP contribution in [0.5, 0.6) is 5.75 Å². The second-order valence-electron chi connectivity index (χ2n) is 9.25. The van der Waals surface area contributed by atoms with Crippen molar-refractivity contribution in [2.45, 2.75) is 75.8 Å². The lowest BCUT2D eigenvalue weighted by atomic mass is 9.68. The van der Waals surface area contributed by atoms with Crippen LogP contribution < -0.4 is 10.1 Å². The van der Waals surface area contributed by atoms with Crippen LogP contribution in [-0.4, -0.2) is 30.1 Å². The van der Waals surface area contributed by atoms with Crippen LogP contribution in [0.15, 0.2) is 42.6 Å². The highest BCUT2D eigenvalue weighted by Gasteiger charge is 2.48. The summed E-state index contributed by atoms with van der Waals surface area (Å²) in [5.41, 5.74) is 2.17. The van der Waals surface area contributed by atoms with Gasteiger partial charge in [-0.2, -0.15) is 0 Å². The molecule has 2 fully saturated rings. The highest BCUT2D eigenvalue weighted by molar-refractivity contribution is 5.37. The number of aryl methyl sites for hydroxylation is 1. The number of benzene rings is 1. The van der Waals surface area contributed by atoms with Crippen LogP contribution in [-0.2, 0) is 16.7 Å². The standard InChI is InChI=1S/C25H31F3N2O2/c1-19-7-8-20(21(16-19)32-25(26,27)28)17-29-14-11-23(22-6-2-5-13-30-22)12-15-31-24(18-23)9-3-4-10-24/h2,5-8,13,16,29H,3-4,9-12,14-15,17-18H2,1H3. The van der Waals surface area contributed by atoms with Gasteiger partial charge in [0.1, 0.15) is 5.75 Å². The molecule has 2 heterocycles. The minimum atomic E-state index is -4.71. The highest BCUT2D eigenvalue weighted by atomic mass is 19.4.